The van der Waals surface area contributed by atoms with Gasteiger partial charge >= 0.3 is 0 Å². The van der Waals surface area contributed by atoms with Gasteiger partial charge in [0.15, 0.2) is 0 Å². The predicted molar refractivity (Wildman–Crippen MR) is 76.5 cm³/mol. The average molecular weight is 237 g/mol. The van der Waals surface area contributed by atoms with E-state index in [4.69, 9.17) is 4.79 Å². The predicted octanol–water partition coefficient (Wildman–Crippen LogP) is 3.19. The summed E-state index contributed by atoms with van der Waals surface area (Å²) in [7, 11) is 4.22. The second-order valence-corrected chi connectivity index (χ2v) is 3.72. The van der Waals surface area contributed by atoms with Crippen molar-refractivity contribution in [1.29, 1.82) is 0 Å². The van der Waals surface area contributed by atoms with Crippen LogP contribution in [0.4, 0.5) is 0 Å². The zero-order chi connectivity index (χ0) is 13.7. The van der Waals surface area contributed by atoms with Crippen molar-refractivity contribution in [2.75, 3.05) is 20.6 Å². The fraction of sp³-hybridized carbons (Fsp3) is 0.533. The molecular weight excluding hydrogens is 210 g/mol. The lowest BCUT2D eigenvalue weighted by molar-refractivity contribution is -0.0979. The quantitative estimate of drug-likeness (QED) is 0.801. The highest BCUT2D eigenvalue weighted by Crippen LogP contribution is 2.05. The lowest BCUT2D eigenvalue weighted by Crippen LogP contribution is -2.14. The van der Waals surface area contributed by atoms with E-state index in [-0.39, 0.29) is 0 Å². The molecule has 0 aliphatic carbocycles. The summed E-state index contributed by atoms with van der Waals surface area (Å²) >= 11 is 0. The molecule has 0 heterocycles. The number of hydrogen-bond donors (Lipinski definition) is 0. The maximum absolute atomic E-state index is 8.00. The number of likely N-dealkylation sites (N-methyl/N-ethyl adjacent to an activating group) is 1. The number of nitrogens with zero attached hydrogens (tertiary/aromatic N) is 1. The van der Waals surface area contributed by atoms with Gasteiger partial charge in [0.25, 0.3) is 0 Å². The first kappa shape index (κ1) is 18.2. The maximum atomic E-state index is 8.00. The Kier molecular flexibility index (Phi) is 13.8. The Morgan fingerprint density at radius 1 is 1.00 bits per heavy atom. The smallest absolute Gasteiger partial charge is 0.106 e. The molecule has 0 amide bonds. The van der Waals surface area contributed by atoms with Crippen molar-refractivity contribution in [2.24, 2.45) is 0 Å². The van der Waals surface area contributed by atoms with Crippen molar-refractivity contribution in [3.8, 4) is 0 Å². The minimum atomic E-state index is 1.13. The molecule has 2 heteroatoms. The molecule has 0 saturated heterocycles. The molecule has 17 heavy (non-hydrogen) atoms. The van der Waals surface area contributed by atoms with Gasteiger partial charge in [-0.1, -0.05) is 45.0 Å². The Morgan fingerprint density at radius 3 is 1.76 bits per heavy atom. The zero-order valence-electron chi connectivity index (χ0n) is 12.0. The van der Waals surface area contributed by atoms with Crippen LogP contribution in [-0.2, 0) is 17.6 Å². The van der Waals surface area contributed by atoms with E-state index in [1.54, 1.807) is 0 Å². The molecule has 1 rings (SSSR count). The van der Waals surface area contributed by atoms with Crippen molar-refractivity contribution in [1.82, 2.24) is 4.90 Å². The molecular formula is C15H27NO. The first-order chi connectivity index (χ1) is 8.22. The molecule has 0 aromatic heterocycles. The van der Waals surface area contributed by atoms with Crippen LogP contribution in [0.1, 0.15) is 31.9 Å². The normalized spacial score (nSPS) is 8.82. The van der Waals surface area contributed by atoms with E-state index in [0.717, 1.165) is 19.4 Å². The molecule has 0 aliphatic rings. The molecule has 0 atom stereocenters. The summed E-state index contributed by atoms with van der Waals surface area (Å²) in [5.74, 6) is 0. The number of rotatable bonds is 4. The van der Waals surface area contributed by atoms with Gasteiger partial charge in [-0.15, -0.1) is 0 Å². The molecule has 0 unspecified atom stereocenters. The molecule has 0 N–H and O–H groups in total. The van der Waals surface area contributed by atoms with Gasteiger partial charge in [-0.3, -0.25) is 0 Å². The van der Waals surface area contributed by atoms with Gasteiger partial charge in [-0.2, -0.15) is 0 Å². The van der Waals surface area contributed by atoms with E-state index in [1.165, 1.54) is 11.1 Å². The van der Waals surface area contributed by atoms with Crippen LogP contribution in [0.5, 0.6) is 0 Å². The Balaban J connectivity index is 0. The van der Waals surface area contributed by atoms with Crippen molar-refractivity contribution in [3.05, 3.63) is 35.4 Å². The highest BCUT2D eigenvalue weighted by Gasteiger charge is 1.94. The van der Waals surface area contributed by atoms with Crippen LogP contribution < -0.4 is 0 Å². The topological polar surface area (TPSA) is 20.3 Å². The van der Waals surface area contributed by atoms with Crippen LogP contribution >= 0.6 is 0 Å². The zero-order valence-corrected chi connectivity index (χ0v) is 12.0. The van der Waals surface area contributed by atoms with Crippen LogP contribution in [-0.4, -0.2) is 32.3 Å². The molecule has 1 aromatic rings. The van der Waals surface area contributed by atoms with E-state index >= 15 is 0 Å². The largest absolute Gasteiger partial charge is 0.309 e. The fourth-order valence-electron chi connectivity index (χ4n) is 1.29. The van der Waals surface area contributed by atoms with Crippen LogP contribution in [0.2, 0.25) is 0 Å². The van der Waals surface area contributed by atoms with Gasteiger partial charge in [-0.05, 0) is 38.1 Å². The second-order valence-electron chi connectivity index (χ2n) is 3.72. The summed E-state index contributed by atoms with van der Waals surface area (Å²) < 4.78 is 0. The number of aryl methyl sites for hydroxylation is 1. The second kappa shape index (κ2) is 12.9. The molecule has 0 radical (unpaired) electrons. The SMILES string of the molecule is C=O.CC.CCc1ccc(CCN(C)C)cc1. The fourth-order valence-corrected chi connectivity index (χ4v) is 1.29. The Bertz CT molecular complexity index is 254. The number of carbonyl (C=O) groups is 1. The van der Waals surface area contributed by atoms with Gasteiger partial charge < -0.3 is 9.69 Å². The lowest BCUT2D eigenvalue weighted by Gasteiger charge is -2.09. The van der Waals surface area contributed by atoms with Gasteiger partial charge in [-0.25, -0.2) is 0 Å². The standard InChI is InChI=1S/C12H19N.C2H6.CH2O/c1-4-11-5-7-12(8-6-11)9-10-13(2)3;2*1-2/h5-8H,4,9-10H2,1-3H3;1-2H3;1H2. The Hall–Kier alpha value is -1.15. The van der Waals surface area contributed by atoms with Gasteiger partial charge in [0.05, 0.1) is 0 Å². The van der Waals surface area contributed by atoms with E-state index in [0.29, 0.717) is 0 Å². The van der Waals surface area contributed by atoms with E-state index < -0.39 is 0 Å². The summed E-state index contributed by atoms with van der Waals surface area (Å²) in [4.78, 5) is 10.2. The first-order valence-electron chi connectivity index (χ1n) is 6.23. The molecule has 0 spiro atoms. The highest BCUT2D eigenvalue weighted by atomic mass is 16.1. The molecule has 2 nitrogen and oxygen atoms in total. The molecule has 1 aromatic carbocycles. The summed E-state index contributed by atoms with van der Waals surface area (Å²) in [6, 6.07) is 8.93. The van der Waals surface area contributed by atoms with Gasteiger partial charge in [0.1, 0.15) is 6.79 Å². The molecule has 0 bridgehead atoms. The van der Waals surface area contributed by atoms with Crippen molar-refractivity contribution >= 4 is 6.79 Å². The van der Waals surface area contributed by atoms with E-state index in [2.05, 4.69) is 50.2 Å². The highest BCUT2D eigenvalue weighted by molar-refractivity contribution is 5.22. The third-order valence-electron chi connectivity index (χ3n) is 2.28. The minimum Gasteiger partial charge on any atom is -0.309 e. The van der Waals surface area contributed by atoms with Gasteiger partial charge in [0, 0.05) is 6.54 Å². The van der Waals surface area contributed by atoms with Crippen molar-refractivity contribution in [3.63, 3.8) is 0 Å². The average Bonchev–Trinajstić information content (AvgIpc) is 2.41. The third kappa shape index (κ3) is 9.76. The number of carbonyl (C=O) groups excluding carboxylic acids is 1. The van der Waals surface area contributed by atoms with Crippen molar-refractivity contribution < 1.29 is 4.79 Å². The van der Waals surface area contributed by atoms with E-state index in [9.17, 15) is 0 Å². The van der Waals surface area contributed by atoms with Crippen molar-refractivity contribution in [2.45, 2.75) is 33.6 Å². The number of benzene rings is 1. The Morgan fingerprint density at radius 2 is 1.41 bits per heavy atom. The molecule has 98 valence electrons. The summed E-state index contributed by atoms with van der Waals surface area (Å²) in [5, 5.41) is 0. The third-order valence-corrected chi connectivity index (χ3v) is 2.28. The Labute approximate surface area is 107 Å². The molecule has 0 saturated carbocycles. The minimum absolute atomic E-state index is 1.13. The molecule has 0 aliphatic heterocycles. The number of hydrogen-bond acceptors (Lipinski definition) is 2. The van der Waals surface area contributed by atoms with Crippen LogP contribution in [0.25, 0.3) is 0 Å². The maximum Gasteiger partial charge on any atom is 0.106 e. The van der Waals surface area contributed by atoms with Crippen LogP contribution in [0.3, 0.4) is 0 Å². The summed E-state index contributed by atoms with van der Waals surface area (Å²) in [6.07, 6.45) is 2.28. The van der Waals surface area contributed by atoms with Gasteiger partial charge in [0.2, 0.25) is 0 Å². The first-order valence-corrected chi connectivity index (χ1v) is 6.23. The summed E-state index contributed by atoms with van der Waals surface area (Å²) in [5.41, 5.74) is 2.86. The lowest BCUT2D eigenvalue weighted by atomic mass is 10.1. The van der Waals surface area contributed by atoms with Crippen LogP contribution in [0, 0.1) is 0 Å². The van der Waals surface area contributed by atoms with E-state index in [1.807, 2.05) is 20.6 Å². The summed E-state index contributed by atoms with van der Waals surface area (Å²) in [6.45, 7) is 9.32. The molecule has 0 fully saturated rings. The monoisotopic (exact) mass is 237 g/mol. The van der Waals surface area contributed by atoms with Crippen LogP contribution in [0.15, 0.2) is 24.3 Å².